The Morgan fingerprint density at radius 2 is 2.17 bits per heavy atom. The number of aryl methyl sites for hydroxylation is 1. The van der Waals surface area contributed by atoms with E-state index in [0.717, 1.165) is 64.5 Å². The van der Waals surface area contributed by atoms with E-state index in [2.05, 4.69) is 30.1 Å². The summed E-state index contributed by atoms with van der Waals surface area (Å²) < 4.78 is 28.9. The highest BCUT2D eigenvalue weighted by molar-refractivity contribution is 7.91. The van der Waals surface area contributed by atoms with Crippen LogP contribution in [0.1, 0.15) is 54.8 Å². The van der Waals surface area contributed by atoms with Gasteiger partial charge in [-0.2, -0.15) is 0 Å². The van der Waals surface area contributed by atoms with Crippen molar-refractivity contribution in [3.63, 3.8) is 0 Å². The SMILES string of the molecule is CCc1cc2c(s1)CCO[C@@]21CCN(CC2CC(NC(=O)CS(C)(=O)=O)C2)[C@@H](C)C1. The minimum atomic E-state index is -3.26. The Morgan fingerprint density at radius 1 is 1.40 bits per heavy atom. The monoisotopic (exact) mass is 454 g/mol. The lowest BCUT2D eigenvalue weighted by Gasteiger charge is -2.49. The van der Waals surface area contributed by atoms with E-state index in [1.54, 1.807) is 0 Å². The molecule has 2 fully saturated rings. The first kappa shape index (κ1) is 22.2. The number of hydrogen-bond acceptors (Lipinski definition) is 6. The first-order valence-electron chi connectivity index (χ1n) is 11.1. The third-order valence-corrected chi connectivity index (χ3v) is 9.07. The van der Waals surface area contributed by atoms with Crippen molar-refractivity contribution in [3.8, 4) is 0 Å². The summed E-state index contributed by atoms with van der Waals surface area (Å²) in [6.07, 6.45) is 7.21. The lowest BCUT2D eigenvalue weighted by atomic mass is 9.76. The van der Waals surface area contributed by atoms with Gasteiger partial charge in [0.2, 0.25) is 5.91 Å². The Hall–Kier alpha value is -0.960. The number of hydrogen-bond donors (Lipinski definition) is 1. The minimum Gasteiger partial charge on any atom is -0.370 e. The first-order valence-corrected chi connectivity index (χ1v) is 14.0. The molecule has 1 amide bonds. The van der Waals surface area contributed by atoms with Crippen molar-refractivity contribution in [3.05, 3.63) is 21.4 Å². The van der Waals surface area contributed by atoms with Crippen LogP contribution in [-0.4, -0.2) is 63.0 Å². The van der Waals surface area contributed by atoms with E-state index in [1.165, 1.54) is 15.3 Å². The number of piperidine rings is 1. The summed E-state index contributed by atoms with van der Waals surface area (Å²) in [7, 11) is -3.26. The van der Waals surface area contributed by atoms with Gasteiger partial charge in [-0.3, -0.25) is 4.79 Å². The van der Waals surface area contributed by atoms with Gasteiger partial charge in [-0.05, 0) is 56.6 Å². The number of ether oxygens (including phenoxy) is 1. The topological polar surface area (TPSA) is 75.7 Å². The second-order valence-electron chi connectivity index (χ2n) is 9.47. The van der Waals surface area contributed by atoms with Crippen LogP contribution in [0, 0.1) is 5.92 Å². The van der Waals surface area contributed by atoms with E-state index in [-0.39, 0.29) is 17.6 Å². The summed E-state index contributed by atoms with van der Waals surface area (Å²) in [6, 6.07) is 2.99. The zero-order valence-electron chi connectivity index (χ0n) is 18.3. The van der Waals surface area contributed by atoms with Crippen LogP contribution in [0.3, 0.4) is 0 Å². The minimum absolute atomic E-state index is 0.102. The third kappa shape index (κ3) is 4.76. The highest BCUT2D eigenvalue weighted by Gasteiger charge is 2.45. The first-order chi connectivity index (χ1) is 14.2. The van der Waals surface area contributed by atoms with Gasteiger partial charge >= 0.3 is 0 Å². The Bertz CT molecular complexity index is 891. The number of sulfone groups is 1. The van der Waals surface area contributed by atoms with Crippen LogP contribution >= 0.6 is 11.3 Å². The molecule has 2 atom stereocenters. The molecule has 168 valence electrons. The van der Waals surface area contributed by atoms with Gasteiger partial charge in [-0.1, -0.05) is 6.92 Å². The molecule has 30 heavy (non-hydrogen) atoms. The number of carbonyl (C=O) groups excluding carboxylic acids is 1. The Balaban J connectivity index is 1.29. The van der Waals surface area contributed by atoms with Crippen LogP contribution in [0.25, 0.3) is 0 Å². The molecular formula is C22H34N2O4S2. The van der Waals surface area contributed by atoms with E-state index in [9.17, 15) is 13.2 Å². The van der Waals surface area contributed by atoms with Gasteiger partial charge in [0.05, 0.1) is 12.2 Å². The summed E-state index contributed by atoms with van der Waals surface area (Å²) in [5.41, 5.74) is 1.36. The number of amides is 1. The van der Waals surface area contributed by atoms with Crippen LogP contribution in [0.2, 0.25) is 0 Å². The average molecular weight is 455 g/mol. The predicted octanol–water partition coefficient (Wildman–Crippen LogP) is 2.50. The normalized spacial score (nSPS) is 31.9. The van der Waals surface area contributed by atoms with Gasteiger partial charge in [-0.25, -0.2) is 8.42 Å². The Morgan fingerprint density at radius 3 is 2.83 bits per heavy atom. The molecule has 0 unspecified atom stereocenters. The Labute approximate surface area is 184 Å². The molecular weight excluding hydrogens is 420 g/mol. The van der Waals surface area contributed by atoms with Crippen LogP contribution < -0.4 is 5.32 Å². The van der Waals surface area contributed by atoms with Gasteiger partial charge < -0.3 is 15.0 Å². The van der Waals surface area contributed by atoms with Crippen LogP contribution in [-0.2, 0) is 37.8 Å². The molecule has 1 aromatic heterocycles. The summed E-state index contributed by atoms with van der Waals surface area (Å²) in [4.78, 5) is 17.4. The number of nitrogens with one attached hydrogen (secondary N) is 1. The summed E-state index contributed by atoms with van der Waals surface area (Å²) in [5.74, 6) is -0.216. The molecule has 3 heterocycles. The molecule has 1 saturated carbocycles. The van der Waals surface area contributed by atoms with Crippen molar-refractivity contribution in [2.45, 2.75) is 70.1 Å². The summed E-state index contributed by atoms with van der Waals surface area (Å²) in [5, 5.41) is 2.86. The van der Waals surface area contributed by atoms with Crippen LogP contribution in [0.5, 0.6) is 0 Å². The van der Waals surface area contributed by atoms with Gasteiger partial charge in [-0.15, -0.1) is 11.3 Å². The number of nitrogens with zero attached hydrogens (tertiary/aromatic N) is 1. The third-order valence-electron chi connectivity index (χ3n) is 6.94. The predicted molar refractivity (Wildman–Crippen MR) is 120 cm³/mol. The molecule has 3 aliphatic rings. The van der Waals surface area contributed by atoms with Gasteiger partial charge in [0, 0.05) is 47.6 Å². The molecule has 0 radical (unpaired) electrons. The van der Waals surface area contributed by atoms with E-state index in [0.29, 0.717) is 12.0 Å². The van der Waals surface area contributed by atoms with Gasteiger partial charge in [0.1, 0.15) is 5.75 Å². The molecule has 1 N–H and O–H groups in total. The standard InChI is InChI=1S/C22H34N2O4S2/c1-4-18-11-19-20(29-18)5-8-28-22(19)6-7-24(15(2)12-22)13-16-9-17(10-16)23-21(25)14-30(3,26)27/h11,15-17H,4-10,12-14H2,1-3H3,(H,23,25)/t15-,16?,17?,22+/m0/s1. The number of carbonyl (C=O) groups is 1. The zero-order valence-corrected chi connectivity index (χ0v) is 19.9. The van der Waals surface area contributed by atoms with E-state index >= 15 is 0 Å². The lowest BCUT2D eigenvalue weighted by molar-refractivity contribution is -0.121. The zero-order chi connectivity index (χ0) is 21.5. The maximum absolute atomic E-state index is 11.8. The number of fused-ring (bicyclic) bond motifs is 2. The second kappa shape index (κ2) is 8.52. The van der Waals surface area contributed by atoms with Crippen LogP contribution in [0.4, 0.5) is 0 Å². The molecule has 0 bridgehead atoms. The quantitative estimate of drug-likeness (QED) is 0.715. The molecule has 4 rings (SSSR count). The maximum Gasteiger partial charge on any atom is 0.235 e. The molecule has 6 nitrogen and oxygen atoms in total. The Kier molecular flexibility index (Phi) is 6.32. The van der Waals surface area contributed by atoms with Crippen molar-refractivity contribution < 1.29 is 17.9 Å². The van der Waals surface area contributed by atoms with E-state index < -0.39 is 15.6 Å². The highest BCUT2D eigenvalue weighted by Crippen LogP contribution is 2.46. The number of thiophene rings is 1. The summed E-state index contributed by atoms with van der Waals surface area (Å²) >= 11 is 1.97. The fourth-order valence-electron chi connectivity index (χ4n) is 5.39. The van der Waals surface area contributed by atoms with Gasteiger partial charge in [0.25, 0.3) is 0 Å². The van der Waals surface area contributed by atoms with Crippen molar-refractivity contribution in [2.24, 2.45) is 5.92 Å². The van der Waals surface area contributed by atoms with Gasteiger partial charge in [0.15, 0.2) is 9.84 Å². The molecule has 1 spiro atoms. The molecule has 1 saturated heterocycles. The fourth-order valence-corrected chi connectivity index (χ4v) is 7.13. The van der Waals surface area contributed by atoms with Crippen molar-refractivity contribution in [2.75, 3.05) is 31.7 Å². The van der Waals surface area contributed by atoms with Crippen molar-refractivity contribution >= 4 is 27.1 Å². The smallest absolute Gasteiger partial charge is 0.235 e. The average Bonchev–Trinajstić information content (AvgIpc) is 3.05. The maximum atomic E-state index is 11.8. The number of likely N-dealkylation sites (tertiary alicyclic amines) is 1. The largest absolute Gasteiger partial charge is 0.370 e. The van der Waals surface area contributed by atoms with Crippen LogP contribution in [0.15, 0.2) is 6.07 Å². The molecule has 1 aliphatic carbocycles. The second-order valence-corrected chi connectivity index (χ2v) is 12.8. The molecule has 8 heteroatoms. The van der Waals surface area contributed by atoms with E-state index in [1.807, 2.05) is 11.3 Å². The lowest BCUT2D eigenvalue weighted by Crippen LogP contribution is -2.54. The molecule has 0 aromatic carbocycles. The highest BCUT2D eigenvalue weighted by atomic mass is 32.2. The molecule has 1 aromatic rings. The van der Waals surface area contributed by atoms with E-state index in [4.69, 9.17) is 4.74 Å². The van der Waals surface area contributed by atoms with Crippen molar-refractivity contribution in [1.29, 1.82) is 0 Å². The number of rotatable bonds is 6. The molecule has 2 aliphatic heterocycles. The summed E-state index contributed by atoms with van der Waals surface area (Å²) in [6.45, 7) is 7.47. The fraction of sp³-hybridized carbons (Fsp3) is 0.773. The van der Waals surface area contributed by atoms with Crippen molar-refractivity contribution in [1.82, 2.24) is 10.2 Å².